The van der Waals surface area contributed by atoms with Crippen molar-refractivity contribution in [3.05, 3.63) is 24.3 Å². The first kappa shape index (κ1) is 10.8. The standard InChI is InChI=1S/C12H18N2S/c13-9-4-6-11(7-5-9)15-12-3-1-2-10(14)8-12/h1-3,8-9,11H,4-7,13-14H2. The van der Waals surface area contributed by atoms with Crippen LogP contribution in [-0.2, 0) is 0 Å². The predicted octanol–water partition coefficient (Wildman–Crippen LogP) is 2.63. The van der Waals surface area contributed by atoms with Gasteiger partial charge in [0.1, 0.15) is 0 Å². The van der Waals surface area contributed by atoms with E-state index >= 15 is 0 Å². The van der Waals surface area contributed by atoms with Crippen molar-refractivity contribution in [2.24, 2.45) is 5.73 Å². The van der Waals surface area contributed by atoms with Crippen molar-refractivity contribution in [1.29, 1.82) is 0 Å². The number of anilines is 1. The van der Waals surface area contributed by atoms with E-state index in [1.54, 1.807) is 0 Å². The zero-order chi connectivity index (χ0) is 10.7. The number of nitrogen functional groups attached to an aromatic ring is 1. The van der Waals surface area contributed by atoms with Gasteiger partial charge in [0.2, 0.25) is 0 Å². The maximum Gasteiger partial charge on any atom is 0.0325 e. The summed E-state index contributed by atoms with van der Waals surface area (Å²) in [7, 11) is 0. The number of rotatable bonds is 2. The number of hydrogen-bond acceptors (Lipinski definition) is 3. The summed E-state index contributed by atoms with van der Waals surface area (Å²) in [5.41, 5.74) is 12.5. The zero-order valence-electron chi connectivity index (χ0n) is 8.86. The minimum atomic E-state index is 0.433. The lowest BCUT2D eigenvalue weighted by Crippen LogP contribution is -2.27. The molecule has 2 rings (SSSR count). The Balaban J connectivity index is 1.92. The van der Waals surface area contributed by atoms with E-state index in [4.69, 9.17) is 11.5 Å². The molecular weight excluding hydrogens is 204 g/mol. The maximum absolute atomic E-state index is 5.89. The second-order valence-electron chi connectivity index (χ2n) is 4.23. The summed E-state index contributed by atoms with van der Waals surface area (Å²) < 4.78 is 0. The normalized spacial score (nSPS) is 26.5. The molecule has 15 heavy (non-hydrogen) atoms. The van der Waals surface area contributed by atoms with E-state index in [0.717, 1.165) is 10.9 Å². The molecule has 0 unspecified atom stereocenters. The average molecular weight is 222 g/mol. The van der Waals surface area contributed by atoms with Crippen LogP contribution in [0.15, 0.2) is 29.2 Å². The lowest BCUT2D eigenvalue weighted by atomic mass is 9.96. The van der Waals surface area contributed by atoms with Gasteiger partial charge in [0.15, 0.2) is 0 Å². The van der Waals surface area contributed by atoms with Gasteiger partial charge in [-0.15, -0.1) is 11.8 Å². The molecule has 0 spiro atoms. The van der Waals surface area contributed by atoms with Crippen LogP contribution in [0.5, 0.6) is 0 Å². The molecule has 0 bridgehead atoms. The van der Waals surface area contributed by atoms with Crippen LogP contribution in [0.2, 0.25) is 0 Å². The van der Waals surface area contributed by atoms with Crippen molar-refractivity contribution in [1.82, 2.24) is 0 Å². The Morgan fingerprint density at radius 3 is 2.53 bits per heavy atom. The Hall–Kier alpha value is -0.670. The maximum atomic E-state index is 5.89. The molecule has 3 heteroatoms. The first-order chi connectivity index (χ1) is 7.24. The third kappa shape index (κ3) is 3.14. The Bertz CT molecular complexity index is 319. The van der Waals surface area contributed by atoms with Crippen molar-refractivity contribution in [2.75, 3.05) is 5.73 Å². The van der Waals surface area contributed by atoms with Gasteiger partial charge in [-0.05, 0) is 43.9 Å². The van der Waals surface area contributed by atoms with Crippen LogP contribution in [0.25, 0.3) is 0 Å². The number of benzene rings is 1. The molecule has 0 aliphatic heterocycles. The van der Waals surface area contributed by atoms with Gasteiger partial charge in [-0.25, -0.2) is 0 Å². The Morgan fingerprint density at radius 1 is 1.13 bits per heavy atom. The SMILES string of the molecule is Nc1cccc(SC2CCC(N)CC2)c1. The highest BCUT2D eigenvalue weighted by Gasteiger charge is 2.19. The van der Waals surface area contributed by atoms with E-state index in [1.807, 2.05) is 23.9 Å². The molecule has 1 aliphatic carbocycles. The summed E-state index contributed by atoms with van der Waals surface area (Å²) in [6.07, 6.45) is 4.81. The monoisotopic (exact) mass is 222 g/mol. The van der Waals surface area contributed by atoms with Crippen LogP contribution in [0.3, 0.4) is 0 Å². The average Bonchev–Trinajstić information content (AvgIpc) is 2.22. The van der Waals surface area contributed by atoms with Gasteiger partial charge in [-0.2, -0.15) is 0 Å². The molecule has 0 radical (unpaired) electrons. The molecule has 1 aromatic rings. The van der Waals surface area contributed by atoms with E-state index in [-0.39, 0.29) is 0 Å². The summed E-state index contributed by atoms with van der Waals surface area (Å²) in [4.78, 5) is 1.29. The minimum absolute atomic E-state index is 0.433. The Morgan fingerprint density at radius 2 is 1.87 bits per heavy atom. The Labute approximate surface area is 95.4 Å². The van der Waals surface area contributed by atoms with Crippen molar-refractivity contribution in [2.45, 2.75) is 41.9 Å². The molecule has 4 N–H and O–H groups in total. The van der Waals surface area contributed by atoms with Gasteiger partial charge in [0, 0.05) is 21.9 Å². The molecular formula is C12H18N2S. The van der Waals surface area contributed by atoms with Gasteiger partial charge in [-0.3, -0.25) is 0 Å². The second-order valence-corrected chi connectivity index (χ2v) is 5.60. The van der Waals surface area contributed by atoms with Gasteiger partial charge in [0.05, 0.1) is 0 Å². The molecule has 1 saturated carbocycles. The molecule has 0 heterocycles. The van der Waals surface area contributed by atoms with Crippen molar-refractivity contribution in [3.63, 3.8) is 0 Å². The fraction of sp³-hybridized carbons (Fsp3) is 0.500. The Kier molecular flexibility index (Phi) is 3.54. The molecule has 82 valence electrons. The summed E-state index contributed by atoms with van der Waals surface area (Å²) in [5, 5.41) is 0.728. The third-order valence-corrected chi connectivity index (χ3v) is 4.21. The highest BCUT2D eigenvalue weighted by molar-refractivity contribution is 8.00. The third-order valence-electron chi connectivity index (χ3n) is 2.88. The largest absolute Gasteiger partial charge is 0.399 e. The fourth-order valence-corrected chi connectivity index (χ4v) is 3.24. The van der Waals surface area contributed by atoms with E-state index in [0.29, 0.717) is 6.04 Å². The van der Waals surface area contributed by atoms with E-state index < -0.39 is 0 Å². The molecule has 1 aromatic carbocycles. The van der Waals surface area contributed by atoms with Crippen LogP contribution >= 0.6 is 11.8 Å². The van der Waals surface area contributed by atoms with E-state index in [2.05, 4.69) is 12.1 Å². The van der Waals surface area contributed by atoms with Crippen LogP contribution < -0.4 is 11.5 Å². The van der Waals surface area contributed by atoms with Gasteiger partial charge < -0.3 is 11.5 Å². The molecule has 1 aliphatic rings. The van der Waals surface area contributed by atoms with Crippen LogP contribution in [-0.4, -0.2) is 11.3 Å². The van der Waals surface area contributed by atoms with Crippen molar-refractivity contribution in [3.8, 4) is 0 Å². The van der Waals surface area contributed by atoms with Crippen molar-refractivity contribution >= 4 is 17.4 Å². The first-order valence-electron chi connectivity index (χ1n) is 5.52. The number of nitrogens with two attached hydrogens (primary N) is 2. The summed E-state index contributed by atoms with van der Waals surface area (Å²) in [6, 6.07) is 8.57. The quantitative estimate of drug-likeness (QED) is 0.756. The van der Waals surface area contributed by atoms with Gasteiger partial charge >= 0.3 is 0 Å². The molecule has 0 amide bonds. The van der Waals surface area contributed by atoms with Gasteiger partial charge in [-0.1, -0.05) is 6.07 Å². The molecule has 0 aromatic heterocycles. The summed E-state index contributed by atoms with van der Waals surface area (Å²) in [5.74, 6) is 0. The zero-order valence-corrected chi connectivity index (χ0v) is 9.67. The van der Waals surface area contributed by atoms with Crippen LogP contribution in [0.1, 0.15) is 25.7 Å². The highest BCUT2D eigenvalue weighted by atomic mass is 32.2. The van der Waals surface area contributed by atoms with Crippen molar-refractivity contribution < 1.29 is 0 Å². The van der Waals surface area contributed by atoms with Crippen LogP contribution in [0.4, 0.5) is 5.69 Å². The van der Waals surface area contributed by atoms with Gasteiger partial charge in [0.25, 0.3) is 0 Å². The summed E-state index contributed by atoms with van der Waals surface area (Å²) in [6.45, 7) is 0. The smallest absolute Gasteiger partial charge is 0.0325 e. The lowest BCUT2D eigenvalue weighted by Gasteiger charge is -2.25. The lowest BCUT2D eigenvalue weighted by molar-refractivity contribution is 0.451. The highest BCUT2D eigenvalue weighted by Crippen LogP contribution is 2.33. The molecule has 1 fully saturated rings. The van der Waals surface area contributed by atoms with E-state index in [1.165, 1.54) is 30.6 Å². The first-order valence-corrected chi connectivity index (χ1v) is 6.40. The fourth-order valence-electron chi connectivity index (χ4n) is 1.99. The molecule has 0 atom stereocenters. The molecule has 0 saturated heterocycles. The van der Waals surface area contributed by atoms with E-state index in [9.17, 15) is 0 Å². The number of thioether (sulfide) groups is 1. The minimum Gasteiger partial charge on any atom is -0.399 e. The molecule has 2 nitrogen and oxygen atoms in total. The summed E-state index contributed by atoms with van der Waals surface area (Å²) >= 11 is 1.95. The topological polar surface area (TPSA) is 52.0 Å². The van der Waals surface area contributed by atoms with Crippen LogP contribution in [0, 0.1) is 0 Å². The predicted molar refractivity (Wildman–Crippen MR) is 66.9 cm³/mol. The number of hydrogen-bond donors (Lipinski definition) is 2. The second kappa shape index (κ2) is 4.90.